The van der Waals surface area contributed by atoms with E-state index in [2.05, 4.69) is 26.0 Å². The Bertz CT molecular complexity index is 1760. The van der Waals surface area contributed by atoms with Crippen LogP contribution >= 0.6 is 0 Å². The predicted octanol–water partition coefficient (Wildman–Crippen LogP) is 6.66. The van der Waals surface area contributed by atoms with Crippen LogP contribution in [0.3, 0.4) is 0 Å². The van der Waals surface area contributed by atoms with E-state index in [1.165, 1.54) is 0 Å². The van der Waals surface area contributed by atoms with E-state index in [4.69, 9.17) is 20.5 Å². The summed E-state index contributed by atoms with van der Waals surface area (Å²) in [5.74, 6) is 2.53. The summed E-state index contributed by atoms with van der Waals surface area (Å²) in [5.41, 5.74) is 10.9. The summed E-state index contributed by atoms with van der Waals surface area (Å²) in [6.45, 7) is 4.25. The fourth-order valence-corrected chi connectivity index (χ4v) is 4.15. The normalized spacial score (nSPS) is 10.6. The monoisotopic (exact) mass is 502 g/mol. The second-order valence-corrected chi connectivity index (χ2v) is 8.70. The lowest BCUT2D eigenvalue weighted by molar-refractivity contribution is 0.466. The highest BCUT2D eigenvalue weighted by molar-refractivity contribution is 5.86. The Balaban J connectivity index is 0.000000155. The molecule has 4 N–H and O–H groups in total. The molecule has 0 aliphatic rings. The molecule has 0 unspecified atom stereocenters. The fraction of sp³-hybridized carbons (Fsp3) is 0.100. The molecule has 0 fully saturated rings. The predicted molar refractivity (Wildman–Crippen MR) is 147 cm³/mol. The minimum atomic E-state index is 0.435. The molecule has 4 aromatic heterocycles. The molecule has 0 saturated carbocycles. The lowest BCUT2D eigenvalue weighted by Gasteiger charge is -2.08. The number of rotatable bonds is 5. The molecule has 4 heterocycles. The van der Waals surface area contributed by atoms with Crippen LogP contribution in [0.5, 0.6) is 23.3 Å². The number of pyridine rings is 2. The van der Waals surface area contributed by atoms with Crippen molar-refractivity contribution >= 4 is 21.8 Å². The number of nitriles is 1. The van der Waals surface area contributed by atoms with E-state index in [1.807, 2.05) is 86.9 Å². The summed E-state index contributed by atoms with van der Waals surface area (Å²) >= 11 is 0. The third-order valence-corrected chi connectivity index (χ3v) is 5.82. The molecule has 0 amide bonds. The van der Waals surface area contributed by atoms with E-state index in [0.717, 1.165) is 50.3 Å². The summed E-state index contributed by atoms with van der Waals surface area (Å²) in [7, 11) is 0. The second kappa shape index (κ2) is 10.9. The fourth-order valence-electron chi connectivity index (χ4n) is 4.15. The van der Waals surface area contributed by atoms with Crippen LogP contribution in [0, 0.1) is 25.2 Å². The molecule has 6 rings (SSSR count). The quantitative estimate of drug-likeness (QED) is 0.242. The molecule has 8 heteroatoms. The summed E-state index contributed by atoms with van der Waals surface area (Å²) < 4.78 is 11.7. The minimum Gasteiger partial charge on any atom is -0.438 e. The standard InChI is InChI=1S/C15H15N3O.C15H11N3O/c2*1-10-7-11(9-16)8-15(18-10)19-14-4-2-3-13-12(14)5-6-17-13/h2-8,17H,9,16H2,1H3;2-8,17H,1H3. The molecule has 6 aromatic rings. The number of ether oxygens (including phenoxy) is 2. The third-order valence-electron chi connectivity index (χ3n) is 5.82. The Labute approximate surface area is 219 Å². The maximum Gasteiger partial charge on any atom is 0.220 e. The number of fused-ring (bicyclic) bond motifs is 2. The van der Waals surface area contributed by atoms with Crippen molar-refractivity contribution in [2.24, 2.45) is 5.73 Å². The Hall–Kier alpha value is -5.13. The SMILES string of the molecule is Cc1cc(C#N)cc(Oc2cccc3[nH]ccc23)n1.Cc1cc(CN)cc(Oc2cccc3[nH]ccc23)n1. The van der Waals surface area contributed by atoms with Crippen molar-refractivity contribution in [2.75, 3.05) is 0 Å². The largest absolute Gasteiger partial charge is 0.438 e. The average molecular weight is 503 g/mol. The first kappa shape index (κ1) is 24.6. The van der Waals surface area contributed by atoms with Crippen molar-refractivity contribution < 1.29 is 9.47 Å². The summed E-state index contributed by atoms with van der Waals surface area (Å²) in [4.78, 5) is 15.0. The van der Waals surface area contributed by atoms with Gasteiger partial charge in [-0.25, -0.2) is 9.97 Å². The van der Waals surface area contributed by atoms with Gasteiger partial charge < -0.3 is 25.2 Å². The highest BCUT2D eigenvalue weighted by Gasteiger charge is 2.08. The topological polar surface area (TPSA) is 126 Å². The molecule has 38 heavy (non-hydrogen) atoms. The first-order valence-corrected chi connectivity index (χ1v) is 12.1. The molecular weight excluding hydrogens is 476 g/mol. The van der Waals surface area contributed by atoms with Crippen LogP contribution in [0.25, 0.3) is 21.8 Å². The lowest BCUT2D eigenvalue weighted by atomic mass is 10.2. The average Bonchev–Trinajstić information content (AvgIpc) is 3.59. The zero-order valence-electron chi connectivity index (χ0n) is 21.0. The van der Waals surface area contributed by atoms with Gasteiger partial charge in [-0.1, -0.05) is 12.1 Å². The van der Waals surface area contributed by atoms with Crippen LogP contribution in [0.4, 0.5) is 0 Å². The smallest absolute Gasteiger partial charge is 0.220 e. The van der Waals surface area contributed by atoms with Crippen molar-refractivity contribution in [1.29, 1.82) is 5.26 Å². The second-order valence-electron chi connectivity index (χ2n) is 8.70. The van der Waals surface area contributed by atoms with E-state index >= 15 is 0 Å². The van der Waals surface area contributed by atoms with E-state index in [0.29, 0.717) is 23.9 Å². The van der Waals surface area contributed by atoms with Gasteiger partial charge in [0.2, 0.25) is 11.8 Å². The van der Waals surface area contributed by atoms with Crippen molar-refractivity contribution in [3.05, 3.63) is 108 Å². The van der Waals surface area contributed by atoms with Crippen molar-refractivity contribution in [1.82, 2.24) is 19.9 Å². The zero-order chi connectivity index (χ0) is 26.5. The number of nitrogens with zero attached hydrogens (tertiary/aromatic N) is 3. The van der Waals surface area contributed by atoms with Gasteiger partial charge in [0.05, 0.1) is 11.6 Å². The van der Waals surface area contributed by atoms with Crippen molar-refractivity contribution in [3.8, 4) is 29.3 Å². The Morgan fingerprint density at radius 3 is 1.87 bits per heavy atom. The molecule has 0 aliphatic carbocycles. The maximum absolute atomic E-state index is 8.95. The number of nitrogens with one attached hydrogen (secondary N) is 2. The number of benzene rings is 2. The van der Waals surface area contributed by atoms with Gasteiger partial charge in [-0.3, -0.25) is 0 Å². The van der Waals surface area contributed by atoms with Gasteiger partial charge in [0.25, 0.3) is 0 Å². The molecule has 8 nitrogen and oxygen atoms in total. The van der Waals surface area contributed by atoms with Crippen LogP contribution in [-0.2, 0) is 6.54 Å². The summed E-state index contributed by atoms with van der Waals surface area (Å²) in [6, 6.07) is 24.9. The lowest BCUT2D eigenvalue weighted by Crippen LogP contribution is -1.99. The molecule has 0 aliphatic heterocycles. The summed E-state index contributed by atoms with van der Waals surface area (Å²) in [5, 5.41) is 11.0. The van der Waals surface area contributed by atoms with E-state index < -0.39 is 0 Å². The van der Waals surface area contributed by atoms with Gasteiger partial charge in [-0.2, -0.15) is 5.26 Å². The molecule has 2 aromatic carbocycles. The van der Waals surface area contributed by atoms with E-state index in [-0.39, 0.29) is 0 Å². The number of H-pyrrole nitrogens is 2. The number of nitrogens with two attached hydrogens (primary N) is 1. The first-order valence-electron chi connectivity index (χ1n) is 12.1. The zero-order valence-corrected chi connectivity index (χ0v) is 21.0. The van der Waals surface area contributed by atoms with Gasteiger partial charge in [0.1, 0.15) is 11.5 Å². The summed E-state index contributed by atoms with van der Waals surface area (Å²) in [6.07, 6.45) is 3.76. The van der Waals surface area contributed by atoms with Gasteiger partial charge >= 0.3 is 0 Å². The number of hydrogen-bond acceptors (Lipinski definition) is 6. The number of aromatic amines is 2. The van der Waals surface area contributed by atoms with Gasteiger partial charge in [-0.05, 0) is 67.9 Å². The molecule has 0 bridgehead atoms. The highest BCUT2D eigenvalue weighted by Crippen LogP contribution is 2.30. The van der Waals surface area contributed by atoms with Gasteiger partial charge in [0.15, 0.2) is 0 Å². The number of aryl methyl sites for hydroxylation is 2. The van der Waals surface area contributed by atoms with E-state index in [1.54, 1.807) is 12.1 Å². The number of hydrogen-bond donors (Lipinski definition) is 3. The molecular formula is C30H26N6O2. The number of aromatic nitrogens is 4. The Morgan fingerprint density at radius 1 is 0.763 bits per heavy atom. The van der Waals surface area contributed by atoms with Crippen LogP contribution in [0.2, 0.25) is 0 Å². The molecule has 0 radical (unpaired) electrons. The van der Waals surface area contributed by atoms with Crippen molar-refractivity contribution in [3.63, 3.8) is 0 Å². The van der Waals surface area contributed by atoms with Gasteiger partial charge in [0, 0.05) is 64.3 Å². The first-order chi connectivity index (χ1) is 18.5. The third kappa shape index (κ3) is 5.48. The minimum absolute atomic E-state index is 0.435. The molecule has 0 spiro atoms. The molecule has 0 atom stereocenters. The molecule has 0 saturated heterocycles. The van der Waals surface area contributed by atoms with Crippen LogP contribution in [0.15, 0.2) is 85.2 Å². The van der Waals surface area contributed by atoms with E-state index in [9.17, 15) is 0 Å². The Kier molecular flexibility index (Phi) is 7.02. The maximum atomic E-state index is 8.95. The van der Waals surface area contributed by atoms with Crippen LogP contribution < -0.4 is 15.2 Å². The van der Waals surface area contributed by atoms with Crippen molar-refractivity contribution in [2.45, 2.75) is 20.4 Å². The van der Waals surface area contributed by atoms with Gasteiger partial charge in [-0.15, -0.1) is 0 Å². The highest BCUT2D eigenvalue weighted by atomic mass is 16.5. The molecule has 188 valence electrons. The Morgan fingerprint density at radius 2 is 1.32 bits per heavy atom. The van der Waals surface area contributed by atoms with Crippen LogP contribution in [-0.4, -0.2) is 19.9 Å². The van der Waals surface area contributed by atoms with Crippen LogP contribution in [0.1, 0.15) is 22.5 Å².